The highest BCUT2D eigenvalue weighted by Gasteiger charge is 2.01. The monoisotopic (exact) mass is 278 g/mol. The number of hydrogen-bond acceptors (Lipinski definition) is 4. The van der Waals surface area contributed by atoms with Crippen LogP contribution in [0.5, 0.6) is 0 Å². The minimum atomic E-state index is 0.534. The third-order valence-corrected chi connectivity index (χ3v) is 2.85. The van der Waals surface area contributed by atoms with E-state index in [4.69, 9.17) is 0 Å². The molecular weight excluding hydrogens is 264 g/mol. The van der Waals surface area contributed by atoms with Crippen molar-refractivity contribution in [2.75, 3.05) is 5.43 Å². The highest BCUT2D eigenvalue weighted by Crippen LogP contribution is 2.22. The van der Waals surface area contributed by atoms with E-state index in [2.05, 4.69) is 30.7 Å². The molecule has 6 nitrogen and oxygen atoms in total. The van der Waals surface area contributed by atoms with E-state index in [9.17, 15) is 0 Å². The lowest BCUT2D eigenvalue weighted by atomic mass is 10.3. The Bertz CT molecular complexity index is 788. The van der Waals surface area contributed by atoms with Crippen LogP contribution in [0, 0.1) is 0 Å². The van der Waals surface area contributed by atoms with E-state index in [0.717, 1.165) is 16.7 Å². The molecule has 0 bridgehead atoms. The molecule has 0 fully saturated rings. The molecule has 0 unspecified atom stereocenters. The molecule has 0 spiro atoms. The van der Waals surface area contributed by atoms with Crippen molar-refractivity contribution in [3.8, 4) is 0 Å². The Balaban J connectivity index is 1.75. The number of rotatable bonds is 3. The van der Waals surface area contributed by atoms with Gasteiger partial charge in [0, 0.05) is 0 Å². The summed E-state index contributed by atoms with van der Waals surface area (Å²) in [6.07, 6.45) is 1.64. The predicted molar refractivity (Wildman–Crippen MR) is 83.8 cm³/mol. The quantitative estimate of drug-likeness (QED) is 0.327. The van der Waals surface area contributed by atoms with Crippen molar-refractivity contribution in [2.45, 2.75) is 6.92 Å². The smallest absolute Gasteiger partial charge is 0.167 e. The van der Waals surface area contributed by atoms with Gasteiger partial charge in [0.1, 0.15) is 11.2 Å². The first kappa shape index (κ1) is 13.0. The lowest BCUT2D eigenvalue weighted by Crippen LogP contribution is -1.93. The maximum atomic E-state index is 4.23. The zero-order valence-electron chi connectivity index (χ0n) is 11.5. The number of nitrogens with zero attached hydrogens (tertiary/aromatic N) is 4. The van der Waals surface area contributed by atoms with Crippen molar-refractivity contribution in [1.29, 1.82) is 0 Å². The Labute approximate surface area is 121 Å². The van der Waals surface area contributed by atoms with Gasteiger partial charge in [0.15, 0.2) is 5.84 Å². The second-order valence-corrected chi connectivity index (χ2v) is 4.41. The molecule has 0 saturated carbocycles. The number of H-pyrrole nitrogens is 1. The van der Waals surface area contributed by atoms with Crippen LogP contribution in [0.25, 0.3) is 11.0 Å². The normalized spacial score (nSPS) is 12.1. The second-order valence-electron chi connectivity index (χ2n) is 4.41. The van der Waals surface area contributed by atoms with Crippen LogP contribution in [-0.4, -0.2) is 15.8 Å². The Morgan fingerprint density at radius 2 is 1.95 bits per heavy atom. The maximum Gasteiger partial charge on any atom is 0.167 e. The number of hydrazone groups is 1. The van der Waals surface area contributed by atoms with Crippen LogP contribution in [0.4, 0.5) is 11.4 Å². The number of amidine groups is 1. The van der Waals surface area contributed by atoms with E-state index in [1.807, 2.05) is 48.5 Å². The Hall–Kier alpha value is -3.02. The average Bonchev–Trinajstić information content (AvgIpc) is 3.01. The van der Waals surface area contributed by atoms with Gasteiger partial charge in [0.25, 0.3) is 0 Å². The summed E-state index contributed by atoms with van der Waals surface area (Å²) >= 11 is 0. The summed E-state index contributed by atoms with van der Waals surface area (Å²) < 4.78 is 0. The van der Waals surface area contributed by atoms with Crippen LogP contribution in [0.2, 0.25) is 0 Å². The van der Waals surface area contributed by atoms with E-state index in [-0.39, 0.29) is 0 Å². The van der Waals surface area contributed by atoms with Crippen molar-refractivity contribution in [3.63, 3.8) is 0 Å². The lowest BCUT2D eigenvalue weighted by molar-refractivity contribution is 1.22. The molecule has 0 saturated heterocycles. The van der Waals surface area contributed by atoms with Gasteiger partial charge in [-0.3, -0.25) is 5.43 Å². The van der Waals surface area contributed by atoms with Crippen LogP contribution in [-0.2, 0) is 0 Å². The molecule has 6 heteroatoms. The fourth-order valence-corrected chi connectivity index (χ4v) is 1.84. The van der Waals surface area contributed by atoms with Gasteiger partial charge in [-0.15, -0.1) is 10.2 Å². The van der Waals surface area contributed by atoms with Crippen molar-refractivity contribution >= 4 is 28.2 Å². The first-order valence-electron chi connectivity index (χ1n) is 6.52. The molecule has 1 heterocycles. The summed E-state index contributed by atoms with van der Waals surface area (Å²) in [5.74, 6) is 0.534. The van der Waals surface area contributed by atoms with Gasteiger partial charge in [0.2, 0.25) is 0 Å². The van der Waals surface area contributed by atoms with Crippen molar-refractivity contribution in [3.05, 3.63) is 54.9 Å². The number of hydrogen-bond donors (Lipinski definition) is 2. The third kappa shape index (κ3) is 3.11. The number of aromatic amines is 1. The van der Waals surface area contributed by atoms with Gasteiger partial charge in [0.05, 0.1) is 17.5 Å². The van der Waals surface area contributed by atoms with Gasteiger partial charge in [-0.05, 0) is 31.2 Å². The highest BCUT2D eigenvalue weighted by molar-refractivity contribution is 5.87. The Morgan fingerprint density at radius 3 is 2.81 bits per heavy atom. The summed E-state index contributed by atoms with van der Waals surface area (Å²) in [7, 11) is 0. The van der Waals surface area contributed by atoms with Gasteiger partial charge in [-0.25, -0.2) is 4.98 Å². The molecule has 0 radical (unpaired) electrons. The SMILES string of the molecule is CC(N=Nc1cccc2[nH]cnc12)=NNc1ccccc1. The Kier molecular flexibility index (Phi) is 3.68. The number of nitrogens with one attached hydrogen (secondary N) is 2. The largest absolute Gasteiger partial charge is 0.345 e. The topological polar surface area (TPSA) is 77.8 Å². The number of fused-ring (bicyclic) bond motifs is 1. The van der Waals surface area contributed by atoms with Crippen LogP contribution in [0.3, 0.4) is 0 Å². The summed E-state index contributed by atoms with van der Waals surface area (Å²) in [4.78, 5) is 7.26. The number of imidazole rings is 1. The number of aromatic nitrogens is 2. The zero-order valence-corrected chi connectivity index (χ0v) is 11.5. The van der Waals surface area contributed by atoms with Gasteiger partial charge >= 0.3 is 0 Å². The molecule has 0 atom stereocenters. The van der Waals surface area contributed by atoms with E-state index in [1.54, 1.807) is 13.3 Å². The third-order valence-electron chi connectivity index (χ3n) is 2.85. The number of para-hydroxylation sites is 2. The molecule has 2 N–H and O–H groups in total. The lowest BCUT2D eigenvalue weighted by Gasteiger charge is -1.99. The van der Waals surface area contributed by atoms with Gasteiger partial charge < -0.3 is 4.98 Å². The first-order valence-corrected chi connectivity index (χ1v) is 6.52. The van der Waals surface area contributed by atoms with E-state index < -0.39 is 0 Å². The van der Waals surface area contributed by atoms with E-state index >= 15 is 0 Å². The molecular formula is C15H14N6. The summed E-state index contributed by atoms with van der Waals surface area (Å²) in [6, 6.07) is 15.4. The first-order chi connectivity index (χ1) is 10.3. The minimum Gasteiger partial charge on any atom is -0.345 e. The molecule has 2 aromatic carbocycles. The molecule has 0 aliphatic rings. The molecule has 3 rings (SSSR count). The van der Waals surface area contributed by atoms with Crippen LogP contribution >= 0.6 is 0 Å². The van der Waals surface area contributed by atoms with Crippen molar-refractivity contribution in [2.24, 2.45) is 15.3 Å². The summed E-state index contributed by atoms with van der Waals surface area (Å²) in [5.41, 5.74) is 6.27. The summed E-state index contributed by atoms with van der Waals surface area (Å²) in [5, 5.41) is 12.4. The summed E-state index contributed by atoms with van der Waals surface area (Å²) in [6.45, 7) is 1.78. The van der Waals surface area contributed by atoms with E-state index in [0.29, 0.717) is 11.5 Å². The van der Waals surface area contributed by atoms with Crippen molar-refractivity contribution in [1.82, 2.24) is 9.97 Å². The van der Waals surface area contributed by atoms with Crippen LogP contribution in [0.1, 0.15) is 6.92 Å². The number of azo groups is 1. The molecule has 0 amide bonds. The predicted octanol–water partition coefficient (Wildman–Crippen LogP) is 4.09. The molecule has 3 aromatic rings. The average molecular weight is 278 g/mol. The fraction of sp³-hybridized carbons (Fsp3) is 0.0667. The zero-order chi connectivity index (χ0) is 14.5. The number of benzene rings is 2. The molecule has 21 heavy (non-hydrogen) atoms. The van der Waals surface area contributed by atoms with Crippen LogP contribution in [0.15, 0.2) is 70.2 Å². The van der Waals surface area contributed by atoms with Gasteiger partial charge in [-0.1, -0.05) is 24.3 Å². The minimum absolute atomic E-state index is 0.534. The molecule has 104 valence electrons. The Morgan fingerprint density at radius 1 is 1.10 bits per heavy atom. The van der Waals surface area contributed by atoms with E-state index in [1.165, 1.54) is 0 Å². The maximum absolute atomic E-state index is 4.23. The van der Waals surface area contributed by atoms with Crippen molar-refractivity contribution < 1.29 is 0 Å². The molecule has 0 aliphatic carbocycles. The standard InChI is InChI=1S/C15H14N6/c1-11(18-20-12-6-3-2-4-7-12)19-21-14-9-5-8-13-15(14)17-10-16-13/h2-10,20H,1H3,(H,16,17). The fourth-order valence-electron chi connectivity index (χ4n) is 1.84. The second kappa shape index (κ2) is 5.96. The van der Waals surface area contributed by atoms with Gasteiger partial charge in [-0.2, -0.15) is 5.10 Å². The highest BCUT2D eigenvalue weighted by atomic mass is 15.3. The molecule has 0 aliphatic heterocycles. The van der Waals surface area contributed by atoms with Crippen LogP contribution < -0.4 is 5.43 Å². The molecule has 1 aromatic heterocycles. The number of anilines is 1.